The van der Waals surface area contributed by atoms with Crippen LogP contribution in [0.4, 0.5) is 11.5 Å². The largest absolute Gasteiger partial charge is 0.462 e. The third-order valence-corrected chi connectivity index (χ3v) is 9.11. The third-order valence-electron chi connectivity index (χ3n) is 8.80. The van der Waals surface area contributed by atoms with E-state index in [4.69, 9.17) is 25.8 Å². The van der Waals surface area contributed by atoms with Gasteiger partial charge in [-0.25, -0.2) is 9.97 Å². The number of anilines is 2. The van der Waals surface area contributed by atoms with E-state index < -0.39 is 35.6 Å². The lowest BCUT2D eigenvalue weighted by Crippen LogP contribution is -2.54. The number of carbonyl (C=O) groups excluding carboxylic acids is 6. The number of carbonyl (C=O) groups is 6. The van der Waals surface area contributed by atoms with Crippen molar-refractivity contribution < 1.29 is 43.0 Å². The quantitative estimate of drug-likeness (QED) is 0.0512. The normalized spacial score (nSPS) is 15.1. The molecule has 16 nitrogen and oxygen atoms in total. The molecule has 3 aromatic carbocycles. The molecule has 280 valence electrons. The number of aromatic nitrogens is 3. The summed E-state index contributed by atoms with van der Waals surface area (Å²) in [5.41, 5.74) is 1.55. The number of hydrogen-bond acceptors (Lipinski definition) is 13. The van der Waals surface area contributed by atoms with Gasteiger partial charge in [0.1, 0.15) is 48.5 Å². The molecular formula is C38H32ClN7O9. The highest BCUT2D eigenvalue weighted by molar-refractivity contribution is 6.36. The zero-order chi connectivity index (χ0) is 38.5. The van der Waals surface area contributed by atoms with Gasteiger partial charge in [0.05, 0.1) is 40.3 Å². The molecule has 1 saturated heterocycles. The molecule has 4 N–H and O–H groups in total. The van der Waals surface area contributed by atoms with Gasteiger partial charge in [0, 0.05) is 36.5 Å². The number of aromatic amines is 1. The van der Waals surface area contributed by atoms with Crippen molar-refractivity contribution in [3.8, 4) is 11.5 Å². The van der Waals surface area contributed by atoms with Gasteiger partial charge in [-0.2, -0.15) is 0 Å². The van der Waals surface area contributed by atoms with E-state index in [1.807, 2.05) is 18.2 Å². The van der Waals surface area contributed by atoms with Gasteiger partial charge in [-0.3, -0.25) is 39.0 Å². The van der Waals surface area contributed by atoms with E-state index >= 15 is 0 Å². The monoisotopic (exact) mass is 765 g/mol. The fourth-order valence-electron chi connectivity index (χ4n) is 6.23. The summed E-state index contributed by atoms with van der Waals surface area (Å²) in [6.45, 7) is 0.189. The summed E-state index contributed by atoms with van der Waals surface area (Å²) in [5.74, 6) is -2.01. The molecule has 5 aromatic rings. The fourth-order valence-corrected chi connectivity index (χ4v) is 6.49. The van der Waals surface area contributed by atoms with Gasteiger partial charge in [0.2, 0.25) is 11.8 Å². The summed E-state index contributed by atoms with van der Waals surface area (Å²) in [6, 6.07) is 17.6. The second-order valence-corrected chi connectivity index (χ2v) is 12.7. The van der Waals surface area contributed by atoms with Crippen LogP contribution in [-0.4, -0.2) is 94.2 Å². The molecular weight excluding hydrogens is 734 g/mol. The van der Waals surface area contributed by atoms with Crippen LogP contribution in [0, 0.1) is 0 Å². The molecule has 0 radical (unpaired) electrons. The SMILES string of the molecule is O=C1CCC(N2C(=O)c3cccc(NCCOCCOC(=O)CNc4ncnc5[nH]cc(C(=O)c6ccc(Oc7ccccc7)cc6Cl)c45)c3C2=O)C(=O)N1. The number of piperidine rings is 1. The number of esters is 1. The maximum Gasteiger partial charge on any atom is 0.325 e. The van der Waals surface area contributed by atoms with Crippen LogP contribution in [0.2, 0.25) is 5.02 Å². The van der Waals surface area contributed by atoms with Crippen molar-refractivity contribution >= 4 is 69.5 Å². The van der Waals surface area contributed by atoms with Crippen molar-refractivity contribution in [3.05, 3.63) is 107 Å². The summed E-state index contributed by atoms with van der Waals surface area (Å²) < 4.78 is 16.7. The first-order valence-corrected chi connectivity index (χ1v) is 17.5. The molecule has 1 fully saturated rings. The van der Waals surface area contributed by atoms with Crippen LogP contribution in [0.25, 0.3) is 11.0 Å². The van der Waals surface area contributed by atoms with Gasteiger partial charge in [0.15, 0.2) is 5.78 Å². The Morgan fingerprint density at radius 3 is 2.53 bits per heavy atom. The van der Waals surface area contributed by atoms with Gasteiger partial charge in [-0.1, -0.05) is 35.9 Å². The molecule has 0 saturated carbocycles. The molecule has 4 amide bonds. The van der Waals surface area contributed by atoms with Crippen molar-refractivity contribution in [1.82, 2.24) is 25.2 Å². The second kappa shape index (κ2) is 16.2. The number of H-pyrrole nitrogens is 1. The van der Waals surface area contributed by atoms with E-state index in [-0.39, 0.29) is 84.6 Å². The number of amides is 4. The molecule has 1 unspecified atom stereocenters. The minimum Gasteiger partial charge on any atom is -0.462 e. The standard InChI is InChI=1S/C38H32ClN7O9/c39-26-17-22(55-21-5-2-1-3-6-21)9-10-23(26)33(49)25-18-41-34-32(25)35(44-20-43-34)42-19-30(48)54-16-15-53-14-13-40-27-8-4-7-24-31(27)38(52)46(37(24)51)28-11-12-29(47)45-36(28)50/h1-10,17-18,20,28,40H,11-16,19H2,(H,45,47,50)(H2,41,42,43,44). The van der Waals surface area contributed by atoms with Crippen molar-refractivity contribution in [2.75, 3.05) is 43.5 Å². The molecule has 2 aliphatic rings. The van der Waals surface area contributed by atoms with E-state index in [0.717, 1.165) is 4.90 Å². The average Bonchev–Trinajstić information content (AvgIpc) is 3.73. The number of nitrogens with zero attached hydrogens (tertiary/aromatic N) is 3. The second-order valence-electron chi connectivity index (χ2n) is 12.3. The summed E-state index contributed by atoms with van der Waals surface area (Å²) in [6.07, 6.45) is 2.88. The van der Waals surface area contributed by atoms with E-state index in [1.54, 1.807) is 42.5 Å². The lowest BCUT2D eigenvalue weighted by molar-refractivity contribution is -0.143. The average molecular weight is 766 g/mol. The number of ether oxygens (including phenoxy) is 3. The number of nitrogens with one attached hydrogen (secondary N) is 4. The predicted molar refractivity (Wildman–Crippen MR) is 197 cm³/mol. The van der Waals surface area contributed by atoms with Crippen molar-refractivity contribution in [2.45, 2.75) is 18.9 Å². The van der Waals surface area contributed by atoms with E-state index in [1.165, 1.54) is 18.6 Å². The van der Waals surface area contributed by atoms with Crippen LogP contribution < -0.4 is 20.7 Å². The number of halogens is 1. The Balaban J connectivity index is 0.873. The Hall–Kier alpha value is -6.65. The molecule has 0 bridgehead atoms. The van der Waals surface area contributed by atoms with Crippen LogP contribution in [-0.2, 0) is 23.9 Å². The molecule has 17 heteroatoms. The molecule has 0 spiro atoms. The van der Waals surface area contributed by atoms with Crippen LogP contribution in [0.5, 0.6) is 11.5 Å². The molecule has 4 heterocycles. The molecule has 7 rings (SSSR count). The topological polar surface area (TPSA) is 211 Å². The van der Waals surface area contributed by atoms with Crippen molar-refractivity contribution in [3.63, 3.8) is 0 Å². The summed E-state index contributed by atoms with van der Waals surface area (Å²) >= 11 is 6.51. The Labute approximate surface area is 317 Å². The Morgan fingerprint density at radius 2 is 1.73 bits per heavy atom. The number of para-hydroxylation sites is 1. The van der Waals surface area contributed by atoms with E-state index in [0.29, 0.717) is 28.2 Å². The van der Waals surface area contributed by atoms with Crippen LogP contribution >= 0.6 is 11.6 Å². The number of hydrogen-bond donors (Lipinski definition) is 4. The van der Waals surface area contributed by atoms with Gasteiger partial charge >= 0.3 is 5.97 Å². The lowest BCUT2D eigenvalue weighted by atomic mass is 10.0. The Bertz CT molecular complexity index is 2330. The van der Waals surface area contributed by atoms with Gasteiger partial charge < -0.3 is 29.8 Å². The van der Waals surface area contributed by atoms with Gasteiger partial charge in [-0.05, 0) is 42.8 Å². The highest BCUT2D eigenvalue weighted by Gasteiger charge is 2.45. The van der Waals surface area contributed by atoms with Crippen molar-refractivity contribution in [1.29, 1.82) is 0 Å². The number of benzene rings is 3. The third kappa shape index (κ3) is 7.85. The maximum atomic E-state index is 13.6. The van der Waals surface area contributed by atoms with Crippen molar-refractivity contribution in [2.24, 2.45) is 0 Å². The van der Waals surface area contributed by atoms with E-state index in [2.05, 4.69) is 30.9 Å². The Kier molecular flexibility index (Phi) is 10.8. The summed E-state index contributed by atoms with van der Waals surface area (Å²) in [4.78, 5) is 88.6. The first kappa shape index (κ1) is 36.7. The van der Waals surface area contributed by atoms with Crippen LogP contribution in [0.15, 0.2) is 79.3 Å². The molecule has 2 aromatic heterocycles. The zero-order valence-electron chi connectivity index (χ0n) is 28.9. The number of rotatable bonds is 15. The first-order valence-electron chi connectivity index (χ1n) is 17.1. The predicted octanol–water partition coefficient (Wildman–Crippen LogP) is 4.12. The first-order chi connectivity index (χ1) is 26.7. The van der Waals surface area contributed by atoms with Crippen LogP contribution in [0.3, 0.4) is 0 Å². The summed E-state index contributed by atoms with van der Waals surface area (Å²) in [5, 5.41) is 8.73. The Morgan fingerprint density at radius 1 is 0.891 bits per heavy atom. The van der Waals surface area contributed by atoms with Gasteiger partial charge in [0.25, 0.3) is 11.8 Å². The number of fused-ring (bicyclic) bond motifs is 2. The minimum atomic E-state index is -1.06. The smallest absolute Gasteiger partial charge is 0.325 e. The maximum absolute atomic E-state index is 13.6. The molecule has 2 aliphatic heterocycles. The fraction of sp³-hybridized carbons (Fsp3) is 0.211. The van der Waals surface area contributed by atoms with Gasteiger partial charge in [-0.15, -0.1) is 0 Å². The van der Waals surface area contributed by atoms with E-state index in [9.17, 15) is 28.8 Å². The summed E-state index contributed by atoms with van der Waals surface area (Å²) in [7, 11) is 0. The molecule has 1 atom stereocenters. The molecule has 55 heavy (non-hydrogen) atoms. The number of imide groups is 2. The highest BCUT2D eigenvalue weighted by atomic mass is 35.5. The van der Waals surface area contributed by atoms with Crippen LogP contribution in [0.1, 0.15) is 49.5 Å². The lowest BCUT2D eigenvalue weighted by Gasteiger charge is -2.27. The zero-order valence-corrected chi connectivity index (χ0v) is 29.7. The number of ketones is 1. The molecule has 0 aliphatic carbocycles. The highest BCUT2D eigenvalue weighted by Crippen LogP contribution is 2.33. The minimum absolute atomic E-state index is 0.0274.